The van der Waals surface area contributed by atoms with Gasteiger partial charge in [0.15, 0.2) is 4.67 Å². The van der Waals surface area contributed by atoms with Crippen molar-refractivity contribution in [1.29, 1.82) is 0 Å². The molecule has 7 heteroatoms. The summed E-state index contributed by atoms with van der Waals surface area (Å²) < 4.78 is 17.0. The first-order chi connectivity index (χ1) is 11.8. The van der Waals surface area contributed by atoms with Crippen molar-refractivity contribution in [3.63, 3.8) is 0 Å². The minimum absolute atomic E-state index is 0.477. The van der Waals surface area contributed by atoms with E-state index in [0.717, 1.165) is 16.2 Å². The minimum atomic E-state index is -0.522. The van der Waals surface area contributed by atoms with Crippen molar-refractivity contribution in [2.75, 3.05) is 18.5 Å². The molecule has 0 aliphatic rings. The molecule has 0 spiro atoms. The highest BCUT2D eigenvalue weighted by molar-refractivity contribution is 9.10. The molecule has 1 aromatic carbocycles. The summed E-state index contributed by atoms with van der Waals surface area (Å²) >= 11 is 3.27. The third kappa shape index (κ3) is 7.62. The molecule has 0 radical (unpaired) electrons. The number of ether oxygens (including phenoxy) is 2. The van der Waals surface area contributed by atoms with Crippen molar-refractivity contribution in [3.05, 3.63) is 46.8 Å². The summed E-state index contributed by atoms with van der Waals surface area (Å²) in [7, 11) is 0. The standard InChI is InChI=1S/C18H23BrN2O4/c1-18(2,3)25-17(22)21-13-4-6-14(7-5-13)23-11-10-20-12-15-8-9-16(19)24-15/h4-9,20H,10-12H2,1-3H3,(H,21,22). The number of halogens is 1. The molecule has 0 bridgehead atoms. The second kappa shape index (κ2) is 8.92. The van der Waals surface area contributed by atoms with Crippen molar-refractivity contribution in [2.45, 2.75) is 32.9 Å². The Morgan fingerprint density at radius 1 is 1.16 bits per heavy atom. The van der Waals surface area contributed by atoms with Gasteiger partial charge in [-0.3, -0.25) is 5.32 Å². The minimum Gasteiger partial charge on any atom is -0.492 e. The van der Waals surface area contributed by atoms with Gasteiger partial charge in [-0.1, -0.05) is 0 Å². The summed E-state index contributed by atoms with van der Waals surface area (Å²) in [6.45, 7) is 7.33. The zero-order valence-electron chi connectivity index (χ0n) is 14.6. The number of benzene rings is 1. The SMILES string of the molecule is CC(C)(C)OC(=O)Nc1ccc(OCCNCc2ccc(Br)o2)cc1. The molecule has 2 rings (SSSR count). The molecule has 2 N–H and O–H groups in total. The molecule has 136 valence electrons. The first kappa shape index (κ1) is 19.3. The monoisotopic (exact) mass is 410 g/mol. The summed E-state index contributed by atoms with van der Waals surface area (Å²) in [6.07, 6.45) is -0.477. The molecule has 0 saturated heterocycles. The summed E-state index contributed by atoms with van der Waals surface area (Å²) in [4.78, 5) is 11.7. The first-order valence-electron chi connectivity index (χ1n) is 8.00. The van der Waals surface area contributed by atoms with Gasteiger partial charge in [-0.15, -0.1) is 0 Å². The lowest BCUT2D eigenvalue weighted by atomic mass is 10.2. The zero-order valence-corrected chi connectivity index (χ0v) is 16.2. The number of hydrogen-bond donors (Lipinski definition) is 2. The Morgan fingerprint density at radius 2 is 1.88 bits per heavy atom. The lowest BCUT2D eigenvalue weighted by Gasteiger charge is -2.19. The van der Waals surface area contributed by atoms with Crippen LogP contribution in [0.2, 0.25) is 0 Å². The Hall–Kier alpha value is -1.99. The normalized spacial score (nSPS) is 11.2. The number of carbonyl (C=O) groups excluding carboxylic acids is 1. The van der Waals surface area contributed by atoms with Crippen LogP contribution in [0, 0.1) is 0 Å². The lowest BCUT2D eigenvalue weighted by molar-refractivity contribution is 0.0636. The molecule has 6 nitrogen and oxygen atoms in total. The Kier molecular flexibility index (Phi) is 6.90. The molecule has 0 atom stereocenters. The molecular weight excluding hydrogens is 388 g/mol. The molecule has 1 heterocycles. The predicted molar refractivity (Wildman–Crippen MR) is 99.9 cm³/mol. The van der Waals surface area contributed by atoms with E-state index >= 15 is 0 Å². The summed E-state index contributed by atoms with van der Waals surface area (Å²) in [5, 5.41) is 5.91. The van der Waals surface area contributed by atoms with Gasteiger partial charge in [0.05, 0.1) is 6.54 Å². The van der Waals surface area contributed by atoms with Crippen LogP contribution in [-0.4, -0.2) is 24.8 Å². The maximum atomic E-state index is 11.7. The summed E-state index contributed by atoms with van der Waals surface area (Å²) in [5.41, 5.74) is 0.134. The van der Waals surface area contributed by atoms with Gasteiger partial charge in [0.1, 0.15) is 23.7 Å². The van der Waals surface area contributed by atoms with Crippen LogP contribution in [0.4, 0.5) is 10.5 Å². The van der Waals surface area contributed by atoms with Crippen LogP contribution in [-0.2, 0) is 11.3 Å². The first-order valence-corrected chi connectivity index (χ1v) is 8.79. The van der Waals surface area contributed by atoms with Crippen molar-refractivity contribution >= 4 is 27.7 Å². The number of hydrogen-bond acceptors (Lipinski definition) is 5. The lowest BCUT2D eigenvalue weighted by Crippen LogP contribution is -2.27. The molecular formula is C18H23BrN2O4. The number of amides is 1. The number of rotatable bonds is 7. The smallest absolute Gasteiger partial charge is 0.412 e. The number of furan rings is 1. The number of anilines is 1. The average molecular weight is 411 g/mol. The van der Waals surface area contributed by atoms with Gasteiger partial charge in [-0.2, -0.15) is 0 Å². The van der Waals surface area contributed by atoms with E-state index in [2.05, 4.69) is 26.6 Å². The van der Waals surface area contributed by atoms with Crippen LogP contribution in [0.5, 0.6) is 5.75 Å². The molecule has 0 saturated carbocycles. The highest BCUT2D eigenvalue weighted by Gasteiger charge is 2.16. The quantitative estimate of drug-likeness (QED) is 0.654. The maximum absolute atomic E-state index is 11.7. The van der Waals surface area contributed by atoms with Crippen molar-refractivity contribution < 1.29 is 18.7 Å². The van der Waals surface area contributed by atoms with E-state index in [9.17, 15) is 4.79 Å². The van der Waals surface area contributed by atoms with Crippen LogP contribution >= 0.6 is 15.9 Å². The average Bonchev–Trinajstić information content (AvgIpc) is 2.92. The van der Waals surface area contributed by atoms with Gasteiger partial charge in [0, 0.05) is 12.2 Å². The van der Waals surface area contributed by atoms with Gasteiger partial charge in [-0.25, -0.2) is 4.79 Å². The van der Waals surface area contributed by atoms with Crippen LogP contribution in [0.25, 0.3) is 0 Å². The molecule has 0 unspecified atom stereocenters. The van der Waals surface area contributed by atoms with Gasteiger partial charge >= 0.3 is 6.09 Å². The third-order valence-corrected chi connectivity index (χ3v) is 3.40. The van der Waals surface area contributed by atoms with Gasteiger partial charge in [0.2, 0.25) is 0 Å². The van der Waals surface area contributed by atoms with Gasteiger partial charge < -0.3 is 19.2 Å². The van der Waals surface area contributed by atoms with Crippen LogP contribution < -0.4 is 15.4 Å². The fourth-order valence-electron chi connectivity index (χ4n) is 1.96. The maximum Gasteiger partial charge on any atom is 0.412 e. The second-order valence-corrected chi connectivity index (χ2v) is 7.16. The molecule has 2 aromatic rings. The molecule has 0 aliphatic carbocycles. The Morgan fingerprint density at radius 3 is 2.48 bits per heavy atom. The molecule has 25 heavy (non-hydrogen) atoms. The topological polar surface area (TPSA) is 72.7 Å². The van der Waals surface area contributed by atoms with E-state index in [0.29, 0.717) is 25.4 Å². The van der Waals surface area contributed by atoms with E-state index < -0.39 is 11.7 Å². The fraction of sp³-hybridized carbons (Fsp3) is 0.389. The molecule has 1 aromatic heterocycles. The van der Waals surface area contributed by atoms with E-state index in [-0.39, 0.29) is 0 Å². The largest absolute Gasteiger partial charge is 0.492 e. The Labute approximate surface area is 156 Å². The van der Waals surface area contributed by atoms with Crippen LogP contribution in [0.3, 0.4) is 0 Å². The van der Waals surface area contributed by atoms with Crippen molar-refractivity contribution in [3.8, 4) is 5.75 Å². The Bertz CT molecular complexity index is 677. The third-order valence-electron chi connectivity index (χ3n) is 2.98. The molecule has 1 amide bonds. The number of nitrogens with one attached hydrogen (secondary N) is 2. The van der Waals surface area contributed by atoms with E-state index in [1.165, 1.54) is 0 Å². The van der Waals surface area contributed by atoms with Crippen molar-refractivity contribution in [1.82, 2.24) is 5.32 Å². The van der Waals surface area contributed by atoms with Crippen molar-refractivity contribution in [2.24, 2.45) is 0 Å². The van der Waals surface area contributed by atoms with Crippen LogP contribution in [0.1, 0.15) is 26.5 Å². The molecule has 0 fully saturated rings. The van der Waals surface area contributed by atoms with Gasteiger partial charge in [0.25, 0.3) is 0 Å². The summed E-state index contributed by atoms with van der Waals surface area (Å²) in [5.74, 6) is 1.60. The second-order valence-electron chi connectivity index (χ2n) is 6.38. The zero-order chi connectivity index (χ0) is 18.3. The predicted octanol–water partition coefficient (Wildman–Crippen LogP) is 4.56. The Balaban J connectivity index is 1.67. The van der Waals surface area contributed by atoms with Crippen LogP contribution in [0.15, 0.2) is 45.5 Å². The highest BCUT2D eigenvalue weighted by atomic mass is 79.9. The number of carbonyl (C=O) groups is 1. The van der Waals surface area contributed by atoms with E-state index in [1.807, 2.05) is 32.9 Å². The molecule has 0 aliphatic heterocycles. The summed E-state index contributed by atoms with van der Waals surface area (Å²) in [6, 6.07) is 10.9. The van der Waals surface area contributed by atoms with E-state index in [4.69, 9.17) is 13.9 Å². The van der Waals surface area contributed by atoms with Gasteiger partial charge in [-0.05, 0) is 73.1 Å². The fourth-order valence-corrected chi connectivity index (χ4v) is 2.30. The highest BCUT2D eigenvalue weighted by Crippen LogP contribution is 2.17. The van der Waals surface area contributed by atoms with E-state index in [1.54, 1.807) is 24.3 Å².